The third-order valence-corrected chi connectivity index (χ3v) is 5.76. The molecular formula is C19H18BrN3OS. The molecule has 3 aromatic rings. The summed E-state index contributed by atoms with van der Waals surface area (Å²) < 4.78 is 0.771. The van der Waals surface area contributed by atoms with Crippen molar-refractivity contribution in [3.63, 3.8) is 0 Å². The molecule has 0 spiro atoms. The van der Waals surface area contributed by atoms with Crippen molar-refractivity contribution in [3.05, 3.63) is 75.4 Å². The molecule has 0 atom stereocenters. The third kappa shape index (κ3) is 4.32. The van der Waals surface area contributed by atoms with Gasteiger partial charge in [-0.05, 0) is 53.5 Å². The van der Waals surface area contributed by atoms with E-state index < -0.39 is 0 Å². The molecule has 0 fully saturated rings. The van der Waals surface area contributed by atoms with E-state index in [9.17, 15) is 4.79 Å². The Morgan fingerprint density at radius 3 is 2.72 bits per heavy atom. The predicted molar refractivity (Wildman–Crippen MR) is 106 cm³/mol. The number of rotatable bonds is 5. The van der Waals surface area contributed by atoms with Gasteiger partial charge >= 0.3 is 0 Å². The van der Waals surface area contributed by atoms with Crippen molar-refractivity contribution in [3.8, 4) is 0 Å². The molecule has 1 amide bonds. The van der Waals surface area contributed by atoms with E-state index >= 15 is 0 Å². The first kappa shape index (κ1) is 17.8. The largest absolute Gasteiger partial charge is 0.304 e. The fourth-order valence-corrected chi connectivity index (χ4v) is 3.70. The van der Waals surface area contributed by atoms with E-state index in [0.29, 0.717) is 11.4 Å². The number of hydrogen-bond donors (Lipinski definition) is 2. The highest BCUT2D eigenvalue weighted by atomic mass is 79.9. The second-order valence-corrected chi connectivity index (χ2v) is 7.57. The maximum absolute atomic E-state index is 12.7. The van der Waals surface area contributed by atoms with Crippen molar-refractivity contribution < 1.29 is 4.79 Å². The normalized spacial score (nSPS) is 10.7. The lowest BCUT2D eigenvalue weighted by molar-refractivity contribution is 0.102. The van der Waals surface area contributed by atoms with Gasteiger partial charge in [0.15, 0.2) is 5.82 Å². The van der Waals surface area contributed by atoms with Gasteiger partial charge < -0.3 is 5.32 Å². The molecule has 2 aromatic carbocycles. The highest BCUT2D eigenvalue weighted by Gasteiger charge is 2.15. The first-order valence-corrected chi connectivity index (χ1v) is 9.61. The highest BCUT2D eigenvalue weighted by molar-refractivity contribution is 9.10. The number of nitrogens with one attached hydrogen (secondary N) is 2. The smallest absolute Gasteiger partial charge is 0.257 e. The van der Waals surface area contributed by atoms with Crippen molar-refractivity contribution in [2.75, 3.05) is 5.32 Å². The molecule has 1 heterocycles. The highest BCUT2D eigenvalue weighted by Crippen LogP contribution is 2.27. The van der Waals surface area contributed by atoms with Gasteiger partial charge in [-0.3, -0.25) is 9.89 Å². The third-order valence-electron chi connectivity index (χ3n) is 3.75. The Morgan fingerprint density at radius 2 is 2.00 bits per heavy atom. The van der Waals surface area contributed by atoms with Crippen molar-refractivity contribution in [2.24, 2.45) is 0 Å². The average Bonchev–Trinajstić information content (AvgIpc) is 2.92. The summed E-state index contributed by atoms with van der Waals surface area (Å²) in [5, 5.41) is 9.81. The molecule has 0 radical (unpaired) electrons. The van der Waals surface area contributed by atoms with Crippen molar-refractivity contribution in [1.29, 1.82) is 0 Å². The van der Waals surface area contributed by atoms with E-state index in [4.69, 9.17) is 0 Å². The lowest BCUT2D eigenvalue weighted by Gasteiger charge is -2.09. The van der Waals surface area contributed by atoms with Gasteiger partial charge in [0.25, 0.3) is 5.91 Å². The quantitative estimate of drug-likeness (QED) is 0.553. The Kier molecular flexibility index (Phi) is 5.60. The van der Waals surface area contributed by atoms with Crippen molar-refractivity contribution >= 4 is 39.4 Å². The van der Waals surface area contributed by atoms with Crippen LogP contribution in [0.15, 0.2) is 57.9 Å². The van der Waals surface area contributed by atoms with E-state index in [1.54, 1.807) is 11.8 Å². The maximum Gasteiger partial charge on any atom is 0.257 e. The fourth-order valence-electron chi connectivity index (χ4n) is 2.41. The minimum atomic E-state index is -0.160. The van der Waals surface area contributed by atoms with Crippen LogP contribution in [0.5, 0.6) is 0 Å². The molecule has 0 aliphatic heterocycles. The van der Waals surface area contributed by atoms with E-state index in [-0.39, 0.29) is 5.91 Å². The Morgan fingerprint density at radius 1 is 1.20 bits per heavy atom. The summed E-state index contributed by atoms with van der Waals surface area (Å²) in [6, 6.07) is 16.0. The summed E-state index contributed by atoms with van der Waals surface area (Å²) in [4.78, 5) is 13.9. The van der Waals surface area contributed by atoms with Gasteiger partial charge in [0.1, 0.15) is 0 Å². The summed E-state index contributed by atoms with van der Waals surface area (Å²) in [7, 11) is 0. The number of aryl methyl sites for hydroxylation is 2. The van der Waals surface area contributed by atoms with E-state index in [1.165, 1.54) is 10.5 Å². The number of aromatic nitrogens is 2. The van der Waals surface area contributed by atoms with Crippen LogP contribution in [-0.4, -0.2) is 16.1 Å². The van der Waals surface area contributed by atoms with Gasteiger partial charge in [-0.2, -0.15) is 5.10 Å². The molecule has 0 saturated carbocycles. The number of nitrogens with zero attached hydrogens (tertiary/aromatic N) is 1. The zero-order valence-electron chi connectivity index (χ0n) is 14.0. The minimum Gasteiger partial charge on any atom is -0.304 e. The van der Waals surface area contributed by atoms with Gasteiger partial charge in [0.2, 0.25) is 0 Å². The zero-order valence-corrected chi connectivity index (χ0v) is 16.4. The molecule has 4 nitrogen and oxygen atoms in total. The van der Waals surface area contributed by atoms with Gasteiger partial charge in [0.05, 0.1) is 4.47 Å². The Balaban J connectivity index is 1.76. The Bertz CT molecular complexity index is 907. The second kappa shape index (κ2) is 7.89. The molecule has 25 heavy (non-hydrogen) atoms. The number of halogens is 1. The number of anilines is 1. The topological polar surface area (TPSA) is 57.8 Å². The molecule has 0 unspecified atom stereocenters. The fraction of sp³-hybridized carbons (Fsp3) is 0.158. The van der Waals surface area contributed by atoms with E-state index in [1.807, 2.05) is 37.3 Å². The molecule has 6 heteroatoms. The molecule has 3 rings (SSSR count). The molecule has 0 aliphatic carbocycles. The van der Waals surface area contributed by atoms with Crippen LogP contribution in [0.4, 0.5) is 5.82 Å². The standard InChI is InChI=1S/C19H18BrN3OS/c1-12-6-5-8-15(10-12)25-11-14-7-3-4-9-16(14)19(24)21-18-17(20)13(2)22-23-18/h3-10H,11H2,1-2H3,(H2,21,22,23,24). The monoisotopic (exact) mass is 415 g/mol. The van der Waals surface area contributed by atoms with Crippen LogP contribution in [-0.2, 0) is 5.75 Å². The molecule has 0 aliphatic rings. The molecule has 0 saturated heterocycles. The summed E-state index contributed by atoms with van der Waals surface area (Å²) in [6.45, 7) is 3.97. The van der Waals surface area contributed by atoms with Gasteiger partial charge in [-0.15, -0.1) is 11.8 Å². The predicted octanol–water partition coefficient (Wildman–Crippen LogP) is 5.33. The number of aromatic amines is 1. The summed E-state index contributed by atoms with van der Waals surface area (Å²) >= 11 is 5.15. The van der Waals surface area contributed by atoms with Gasteiger partial charge in [0, 0.05) is 21.9 Å². The molecule has 128 valence electrons. The number of hydrogen-bond acceptors (Lipinski definition) is 3. The van der Waals surface area contributed by atoms with E-state index in [0.717, 1.165) is 21.5 Å². The van der Waals surface area contributed by atoms with Crippen LogP contribution >= 0.6 is 27.7 Å². The van der Waals surface area contributed by atoms with Gasteiger partial charge in [-0.25, -0.2) is 0 Å². The minimum absolute atomic E-state index is 0.160. The van der Waals surface area contributed by atoms with Crippen LogP contribution in [0.3, 0.4) is 0 Å². The molecule has 2 N–H and O–H groups in total. The first-order valence-electron chi connectivity index (χ1n) is 7.84. The van der Waals surface area contributed by atoms with Crippen LogP contribution in [0, 0.1) is 13.8 Å². The number of benzene rings is 2. The Labute approximate surface area is 159 Å². The van der Waals surface area contributed by atoms with Crippen LogP contribution < -0.4 is 5.32 Å². The first-order chi connectivity index (χ1) is 12.0. The molecular weight excluding hydrogens is 398 g/mol. The number of amides is 1. The van der Waals surface area contributed by atoms with Crippen LogP contribution in [0.25, 0.3) is 0 Å². The number of H-pyrrole nitrogens is 1. The van der Waals surface area contributed by atoms with Crippen molar-refractivity contribution in [2.45, 2.75) is 24.5 Å². The van der Waals surface area contributed by atoms with E-state index in [2.05, 4.69) is 56.6 Å². The maximum atomic E-state index is 12.7. The number of carbonyl (C=O) groups is 1. The molecule has 1 aromatic heterocycles. The SMILES string of the molecule is Cc1cccc(SCc2ccccc2C(=O)Nc2n[nH]c(C)c2Br)c1. The van der Waals surface area contributed by atoms with Crippen molar-refractivity contribution in [1.82, 2.24) is 10.2 Å². The summed E-state index contributed by atoms with van der Waals surface area (Å²) in [5.74, 6) is 1.07. The Hall–Kier alpha value is -2.05. The van der Waals surface area contributed by atoms with Crippen LogP contribution in [0.1, 0.15) is 27.2 Å². The second-order valence-electron chi connectivity index (χ2n) is 5.73. The lowest BCUT2D eigenvalue weighted by Crippen LogP contribution is -2.14. The molecule has 0 bridgehead atoms. The number of carbonyl (C=O) groups excluding carboxylic acids is 1. The average molecular weight is 416 g/mol. The summed E-state index contributed by atoms with van der Waals surface area (Å²) in [5.41, 5.74) is 3.76. The van der Waals surface area contributed by atoms with Gasteiger partial charge in [-0.1, -0.05) is 35.9 Å². The zero-order chi connectivity index (χ0) is 17.8. The van der Waals surface area contributed by atoms with Crippen LogP contribution in [0.2, 0.25) is 0 Å². The lowest BCUT2D eigenvalue weighted by atomic mass is 10.1. The number of thioether (sulfide) groups is 1. The summed E-state index contributed by atoms with van der Waals surface area (Å²) in [6.07, 6.45) is 0.